The maximum Gasteiger partial charge on any atom is 0.188 e. The van der Waals surface area contributed by atoms with Gasteiger partial charge in [-0.15, -0.1) is 0 Å². The van der Waals surface area contributed by atoms with Gasteiger partial charge in [-0.05, 0) is 63.6 Å². The van der Waals surface area contributed by atoms with E-state index in [1.807, 2.05) is 0 Å². The summed E-state index contributed by atoms with van der Waals surface area (Å²) in [6, 6.07) is 0. The van der Waals surface area contributed by atoms with Crippen molar-refractivity contribution in [1.82, 2.24) is 10.2 Å². The Morgan fingerprint density at radius 2 is 2.00 bits per heavy atom. The van der Waals surface area contributed by atoms with E-state index in [9.17, 15) is 0 Å². The number of guanidine groups is 1. The summed E-state index contributed by atoms with van der Waals surface area (Å²) < 4.78 is 0. The summed E-state index contributed by atoms with van der Waals surface area (Å²) in [5.41, 5.74) is 5.86. The molecule has 0 unspecified atom stereocenters. The first-order valence-electron chi connectivity index (χ1n) is 8.00. The molecule has 0 aromatic carbocycles. The first-order valence-corrected chi connectivity index (χ1v) is 8.00. The summed E-state index contributed by atoms with van der Waals surface area (Å²) in [7, 11) is 0. The van der Waals surface area contributed by atoms with E-state index in [0.29, 0.717) is 5.96 Å². The maximum absolute atomic E-state index is 5.86. The highest BCUT2D eigenvalue weighted by atomic mass is 15.1. The molecule has 1 saturated heterocycles. The zero-order valence-corrected chi connectivity index (χ0v) is 12.4. The smallest absolute Gasteiger partial charge is 0.188 e. The van der Waals surface area contributed by atoms with Crippen LogP contribution < -0.4 is 11.1 Å². The Morgan fingerprint density at radius 1 is 1.26 bits per heavy atom. The van der Waals surface area contributed by atoms with E-state index >= 15 is 0 Å². The number of nitrogens with one attached hydrogen (secondary N) is 1. The number of aliphatic imine (C=N–C) groups is 1. The second-order valence-electron chi connectivity index (χ2n) is 6.33. The summed E-state index contributed by atoms with van der Waals surface area (Å²) in [4.78, 5) is 6.98. The molecule has 0 atom stereocenters. The molecule has 3 N–H and O–H groups in total. The Kier molecular flexibility index (Phi) is 5.95. The largest absolute Gasteiger partial charge is 0.370 e. The Bertz CT molecular complexity index is 278. The topological polar surface area (TPSA) is 53.6 Å². The number of likely N-dealkylation sites (tertiary alicyclic amines) is 1. The molecular weight excluding hydrogens is 236 g/mol. The third kappa shape index (κ3) is 5.39. The van der Waals surface area contributed by atoms with Crippen molar-refractivity contribution < 1.29 is 0 Å². The standard InChI is InChI=1S/C15H30N4/c1-13-6-10-19(11-7-13)9-3-8-17-15(16)18-12-14-4-2-5-14/h13-14H,2-12H2,1H3,(H3,16,17,18). The molecule has 1 saturated carbocycles. The average Bonchev–Trinajstić information content (AvgIpc) is 2.35. The highest BCUT2D eigenvalue weighted by Crippen LogP contribution is 2.26. The number of nitrogens with two attached hydrogens (primary N) is 1. The molecule has 1 aliphatic heterocycles. The SMILES string of the molecule is CC1CCN(CCCNC(N)=NCC2CCC2)CC1. The highest BCUT2D eigenvalue weighted by Gasteiger charge is 2.16. The van der Waals surface area contributed by atoms with Gasteiger partial charge in [-0.2, -0.15) is 0 Å². The van der Waals surface area contributed by atoms with E-state index < -0.39 is 0 Å². The Labute approximate surface area is 117 Å². The van der Waals surface area contributed by atoms with Crippen LogP contribution in [0.25, 0.3) is 0 Å². The molecule has 19 heavy (non-hydrogen) atoms. The minimum atomic E-state index is 0.638. The van der Waals surface area contributed by atoms with Crippen LogP contribution >= 0.6 is 0 Å². The lowest BCUT2D eigenvalue weighted by atomic mass is 9.86. The molecule has 4 nitrogen and oxygen atoms in total. The van der Waals surface area contributed by atoms with Crippen molar-refractivity contribution in [3.63, 3.8) is 0 Å². The zero-order valence-electron chi connectivity index (χ0n) is 12.4. The fourth-order valence-electron chi connectivity index (χ4n) is 2.76. The van der Waals surface area contributed by atoms with Crippen molar-refractivity contribution in [3.05, 3.63) is 0 Å². The second-order valence-corrected chi connectivity index (χ2v) is 6.33. The molecule has 0 aromatic rings. The van der Waals surface area contributed by atoms with Gasteiger partial charge < -0.3 is 16.0 Å². The zero-order chi connectivity index (χ0) is 13.5. The van der Waals surface area contributed by atoms with Crippen molar-refractivity contribution in [3.8, 4) is 0 Å². The summed E-state index contributed by atoms with van der Waals surface area (Å²) >= 11 is 0. The minimum absolute atomic E-state index is 0.638. The molecule has 0 bridgehead atoms. The molecule has 0 radical (unpaired) electrons. The van der Waals surface area contributed by atoms with Gasteiger partial charge in [0, 0.05) is 13.1 Å². The number of hydrogen-bond donors (Lipinski definition) is 2. The van der Waals surface area contributed by atoms with Crippen LogP contribution in [-0.4, -0.2) is 43.6 Å². The van der Waals surface area contributed by atoms with Crippen LogP contribution in [-0.2, 0) is 0 Å². The molecule has 0 spiro atoms. The van der Waals surface area contributed by atoms with Gasteiger partial charge in [0.15, 0.2) is 5.96 Å². The van der Waals surface area contributed by atoms with E-state index in [4.69, 9.17) is 5.73 Å². The molecule has 4 heteroatoms. The van der Waals surface area contributed by atoms with Crippen LogP contribution in [0.3, 0.4) is 0 Å². The molecule has 0 aromatic heterocycles. The van der Waals surface area contributed by atoms with Crippen LogP contribution in [0, 0.1) is 11.8 Å². The molecule has 1 aliphatic carbocycles. The predicted octanol–water partition coefficient (Wildman–Crippen LogP) is 1.81. The lowest BCUT2D eigenvalue weighted by Gasteiger charge is -2.30. The third-order valence-corrected chi connectivity index (χ3v) is 4.58. The summed E-state index contributed by atoms with van der Waals surface area (Å²) in [6.07, 6.45) is 7.93. The Morgan fingerprint density at radius 3 is 2.63 bits per heavy atom. The monoisotopic (exact) mass is 266 g/mol. The molecule has 2 rings (SSSR count). The van der Waals surface area contributed by atoms with Crippen molar-refractivity contribution in [2.75, 3.05) is 32.7 Å². The van der Waals surface area contributed by atoms with Crippen LogP contribution in [0.2, 0.25) is 0 Å². The molecule has 2 aliphatic rings. The minimum Gasteiger partial charge on any atom is -0.370 e. The quantitative estimate of drug-likeness (QED) is 0.438. The summed E-state index contributed by atoms with van der Waals surface area (Å²) in [6.45, 7) is 7.96. The third-order valence-electron chi connectivity index (χ3n) is 4.58. The Balaban J connectivity index is 1.48. The Hall–Kier alpha value is -0.770. The predicted molar refractivity (Wildman–Crippen MR) is 81.3 cm³/mol. The summed E-state index contributed by atoms with van der Waals surface area (Å²) in [5.74, 6) is 2.36. The van der Waals surface area contributed by atoms with Gasteiger partial charge in [0.2, 0.25) is 0 Å². The maximum atomic E-state index is 5.86. The fourth-order valence-corrected chi connectivity index (χ4v) is 2.76. The van der Waals surface area contributed by atoms with Crippen LogP contribution in [0.5, 0.6) is 0 Å². The lowest BCUT2D eigenvalue weighted by Crippen LogP contribution is -2.37. The number of rotatable bonds is 6. The van der Waals surface area contributed by atoms with Crippen molar-refractivity contribution >= 4 is 5.96 Å². The molecule has 110 valence electrons. The van der Waals surface area contributed by atoms with Crippen molar-refractivity contribution in [1.29, 1.82) is 0 Å². The number of hydrogen-bond acceptors (Lipinski definition) is 2. The van der Waals surface area contributed by atoms with Gasteiger partial charge >= 0.3 is 0 Å². The average molecular weight is 266 g/mol. The van der Waals surface area contributed by atoms with Gasteiger partial charge in [0.05, 0.1) is 0 Å². The van der Waals surface area contributed by atoms with Crippen LogP contribution in [0.4, 0.5) is 0 Å². The lowest BCUT2D eigenvalue weighted by molar-refractivity contribution is 0.191. The molecular formula is C15H30N4. The van der Waals surface area contributed by atoms with Gasteiger partial charge in [-0.3, -0.25) is 4.99 Å². The van der Waals surface area contributed by atoms with E-state index in [-0.39, 0.29) is 0 Å². The van der Waals surface area contributed by atoms with Gasteiger partial charge in [-0.25, -0.2) is 0 Å². The molecule has 0 amide bonds. The van der Waals surface area contributed by atoms with Crippen molar-refractivity contribution in [2.24, 2.45) is 22.6 Å². The fraction of sp³-hybridized carbons (Fsp3) is 0.933. The van der Waals surface area contributed by atoms with Gasteiger partial charge in [-0.1, -0.05) is 13.3 Å². The second kappa shape index (κ2) is 7.73. The normalized spacial score (nSPS) is 23.3. The van der Waals surface area contributed by atoms with E-state index in [1.165, 1.54) is 51.7 Å². The molecule has 2 fully saturated rings. The van der Waals surface area contributed by atoms with E-state index in [1.54, 1.807) is 0 Å². The molecule has 1 heterocycles. The van der Waals surface area contributed by atoms with Gasteiger partial charge in [0.1, 0.15) is 0 Å². The van der Waals surface area contributed by atoms with Crippen LogP contribution in [0.15, 0.2) is 4.99 Å². The van der Waals surface area contributed by atoms with Crippen molar-refractivity contribution in [2.45, 2.75) is 45.4 Å². The highest BCUT2D eigenvalue weighted by molar-refractivity contribution is 5.77. The number of nitrogens with zero attached hydrogens (tertiary/aromatic N) is 2. The van der Waals surface area contributed by atoms with Gasteiger partial charge in [0.25, 0.3) is 0 Å². The van der Waals surface area contributed by atoms with E-state index in [2.05, 4.69) is 22.1 Å². The first kappa shape index (κ1) is 14.6. The summed E-state index contributed by atoms with van der Waals surface area (Å²) in [5, 5.41) is 3.24. The van der Waals surface area contributed by atoms with Crippen LogP contribution in [0.1, 0.15) is 45.4 Å². The first-order chi connectivity index (χ1) is 9.24. The van der Waals surface area contributed by atoms with E-state index in [0.717, 1.165) is 31.3 Å². The number of piperidine rings is 1.